The zero-order valence-electron chi connectivity index (χ0n) is 12.0. The third kappa shape index (κ3) is 4.51. The molecule has 0 N–H and O–H groups in total. The molecule has 0 aliphatic heterocycles. The Labute approximate surface area is 117 Å². The summed E-state index contributed by atoms with van der Waals surface area (Å²) in [5.74, 6) is 0.583. The molecule has 0 atom stereocenters. The first kappa shape index (κ1) is 15.3. The summed E-state index contributed by atoms with van der Waals surface area (Å²) in [6.07, 6.45) is 1.16. The van der Waals surface area contributed by atoms with Gasteiger partial charge in [0.1, 0.15) is 0 Å². The Morgan fingerprint density at radius 2 is 1.83 bits per heavy atom. The SMILES string of the molecule is CCCN(CCN(C)C)c1ccc(C)cc1CCl. The molecule has 0 saturated carbocycles. The van der Waals surface area contributed by atoms with Crippen molar-refractivity contribution in [3.05, 3.63) is 29.3 Å². The van der Waals surface area contributed by atoms with E-state index in [-0.39, 0.29) is 0 Å². The minimum absolute atomic E-state index is 0.583. The van der Waals surface area contributed by atoms with Gasteiger partial charge in [0.25, 0.3) is 0 Å². The smallest absolute Gasteiger partial charge is 0.0494 e. The van der Waals surface area contributed by atoms with Gasteiger partial charge in [-0.2, -0.15) is 0 Å². The van der Waals surface area contributed by atoms with Gasteiger partial charge >= 0.3 is 0 Å². The first-order chi connectivity index (χ1) is 8.58. The Bertz CT molecular complexity index is 364. The van der Waals surface area contributed by atoms with Gasteiger partial charge in [-0.25, -0.2) is 0 Å². The van der Waals surface area contributed by atoms with Gasteiger partial charge in [-0.1, -0.05) is 24.6 Å². The van der Waals surface area contributed by atoms with Crippen molar-refractivity contribution >= 4 is 17.3 Å². The molecule has 1 rings (SSSR count). The van der Waals surface area contributed by atoms with Crippen molar-refractivity contribution in [2.24, 2.45) is 0 Å². The van der Waals surface area contributed by atoms with Crippen LogP contribution in [0.4, 0.5) is 5.69 Å². The molecule has 0 spiro atoms. The van der Waals surface area contributed by atoms with Crippen LogP contribution in [0.2, 0.25) is 0 Å². The Morgan fingerprint density at radius 3 is 2.39 bits per heavy atom. The maximum atomic E-state index is 6.07. The van der Waals surface area contributed by atoms with E-state index in [2.05, 4.69) is 55.9 Å². The zero-order valence-corrected chi connectivity index (χ0v) is 12.8. The van der Waals surface area contributed by atoms with Crippen LogP contribution in [-0.4, -0.2) is 38.6 Å². The predicted octanol–water partition coefficient (Wildman–Crippen LogP) is 3.51. The van der Waals surface area contributed by atoms with E-state index in [0.717, 1.165) is 26.1 Å². The maximum absolute atomic E-state index is 6.07. The minimum Gasteiger partial charge on any atom is -0.370 e. The standard InChI is InChI=1S/C15H25ClN2/c1-5-8-18(10-9-17(3)4)15-7-6-13(2)11-14(15)12-16/h6-7,11H,5,8-10,12H2,1-4H3. The normalized spacial score (nSPS) is 11.0. The van der Waals surface area contributed by atoms with Crippen LogP contribution < -0.4 is 4.90 Å². The summed E-state index contributed by atoms with van der Waals surface area (Å²) >= 11 is 6.07. The predicted molar refractivity (Wildman–Crippen MR) is 81.8 cm³/mol. The second-order valence-electron chi connectivity index (χ2n) is 5.06. The van der Waals surface area contributed by atoms with Crippen LogP contribution in [0.3, 0.4) is 0 Å². The van der Waals surface area contributed by atoms with Crippen molar-refractivity contribution < 1.29 is 0 Å². The highest BCUT2D eigenvalue weighted by Gasteiger charge is 2.10. The quantitative estimate of drug-likeness (QED) is 0.699. The molecule has 0 unspecified atom stereocenters. The van der Waals surface area contributed by atoms with Crippen molar-refractivity contribution in [3.8, 4) is 0 Å². The molecular weight excluding hydrogens is 244 g/mol. The molecule has 0 aliphatic carbocycles. The zero-order chi connectivity index (χ0) is 13.5. The summed E-state index contributed by atoms with van der Waals surface area (Å²) in [6, 6.07) is 6.57. The van der Waals surface area contributed by atoms with E-state index >= 15 is 0 Å². The molecule has 0 aliphatic rings. The number of likely N-dealkylation sites (N-methyl/N-ethyl adjacent to an activating group) is 1. The summed E-state index contributed by atoms with van der Waals surface area (Å²) in [5, 5.41) is 0. The highest BCUT2D eigenvalue weighted by molar-refractivity contribution is 6.17. The van der Waals surface area contributed by atoms with E-state index < -0.39 is 0 Å². The maximum Gasteiger partial charge on any atom is 0.0494 e. The van der Waals surface area contributed by atoms with Crippen LogP contribution >= 0.6 is 11.6 Å². The van der Waals surface area contributed by atoms with Gasteiger partial charge < -0.3 is 9.80 Å². The monoisotopic (exact) mass is 268 g/mol. The van der Waals surface area contributed by atoms with Crippen LogP contribution in [0.5, 0.6) is 0 Å². The largest absolute Gasteiger partial charge is 0.370 e. The second-order valence-corrected chi connectivity index (χ2v) is 5.32. The molecule has 0 radical (unpaired) electrons. The van der Waals surface area contributed by atoms with Crippen LogP contribution in [0.1, 0.15) is 24.5 Å². The average molecular weight is 269 g/mol. The summed E-state index contributed by atoms with van der Waals surface area (Å²) < 4.78 is 0. The van der Waals surface area contributed by atoms with Gasteiger partial charge in [0.15, 0.2) is 0 Å². The van der Waals surface area contributed by atoms with E-state index in [1.54, 1.807) is 0 Å². The number of benzene rings is 1. The average Bonchev–Trinajstić information content (AvgIpc) is 2.34. The number of aryl methyl sites for hydroxylation is 1. The lowest BCUT2D eigenvalue weighted by Gasteiger charge is -2.28. The van der Waals surface area contributed by atoms with Crippen LogP contribution in [0.25, 0.3) is 0 Å². The fourth-order valence-corrected chi connectivity index (χ4v) is 2.29. The van der Waals surface area contributed by atoms with E-state index in [1.165, 1.54) is 16.8 Å². The second kappa shape index (κ2) is 7.65. The molecule has 1 aromatic rings. The van der Waals surface area contributed by atoms with E-state index in [1.807, 2.05) is 0 Å². The number of halogens is 1. The molecule has 1 aromatic carbocycles. The van der Waals surface area contributed by atoms with Gasteiger partial charge in [0.2, 0.25) is 0 Å². The molecule has 18 heavy (non-hydrogen) atoms. The molecule has 3 heteroatoms. The molecule has 0 fully saturated rings. The molecular formula is C15H25ClN2. The lowest BCUT2D eigenvalue weighted by atomic mass is 10.1. The third-order valence-corrected chi connectivity index (χ3v) is 3.32. The van der Waals surface area contributed by atoms with Crippen molar-refractivity contribution in [2.75, 3.05) is 38.6 Å². The number of alkyl halides is 1. The Balaban J connectivity index is 2.89. The molecule has 0 amide bonds. The van der Waals surface area contributed by atoms with E-state index in [4.69, 9.17) is 11.6 Å². The number of hydrogen-bond acceptors (Lipinski definition) is 2. The molecule has 102 valence electrons. The Kier molecular flexibility index (Phi) is 6.51. The third-order valence-electron chi connectivity index (χ3n) is 3.03. The summed E-state index contributed by atoms with van der Waals surface area (Å²) in [4.78, 5) is 4.66. The number of rotatable bonds is 7. The van der Waals surface area contributed by atoms with Crippen LogP contribution in [0.15, 0.2) is 18.2 Å². The topological polar surface area (TPSA) is 6.48 Å². The first-order valence-electron chi connectivity index (χ1n) is 6.63. The van der Waals surface area contributed by atoms with Crippen molar-refractivity contribution in [2.45, 2.75) is 26.1 Å². The van der Waals surface area contributed by atoms with Crippen LogP contribution in [-0.2, 0) is 5.88 Å². The van der Waals surface area contributed by atoms with Crippen molar-refractivity contribution in [1.82, 2.24) is 4.90 Å². The summed E-state index contributed by atoms with van der Waals surface area (Å²) in [7, 11) is 4.23. The summed E-state index contributed by atoms with van der Waals surface area (Å²) in [5.41, 5.74) is 3.81. The molecule has 0 aromatic heterocycles. The highest BCUT2D eigenvalue weighted by atomic mass is 35.5. The van der Waals surface area contributed by atoms with Gasteiger partial charge in [-0.3, -0.25) is 0 Å². The highest BCUT2D eigenvalue weighted by Crippen LogP contribution is 2.23. The molecule has 0 saturated heterocycles. The lowest BCUT2D eigenvalue weighted by molar-refractivity contribution is 0.413. The minimum atomic E-state index is 0.583. The van der Waals surface area contributed by atoms with Crippen LogP contribution in [0, 0.1) is 6.92 Å². The van der Waals surface area contributed by atoms with Gasteiger partial charge in [-0.15, -0.1) is 11.6 Å². The molecule has 2 nitrogen and oxygen atoms in total. The first-order valence-corrected chi connectivity index (χ1v) is 7.17. The van der Waals surface area contributed by atoms with Crippen molar-refractivity contribution in [1.29, 1.82) is 0 Å². The van der Waals surface area contributed by atoms with E-state index in [0.29, 0.717) is 5.88 Å². The summed E-state index contributed by atoms with van der Waals surface area (Å²) in [6.45, 7) is 7.53. The number of anilines is 1. The Morgan fingerprint density at radius 1 is 1.11 bits per heavy atom. The fraction of sp³-hybridized carbons (Fsp3) is 0.600. The van der Waals surface area contributed by atoms with Gasteiger partial charge in [0.05, 0.1) is 0 Å². The molecule has 0 bridgehead atoms. The van der Waals surface area contributed by atoms with Gasteiger partial charge in [-0.05, 0) is 39.1 Å². The van der Waals surface area contributed by atoms with E-state index in [9.17, 15) is 0 Å². The fourth-order valence-electron chi connectivity index (χ4n) is 2.07. The number of nitrogens with zero attached hydrogens (tertiary/aromatic N) is 2. The van der Waals surface area contributed by atoms with Gasteiger partial charge in [0, 0.05) is 31.2 Å². The lowest BCUT2D eigenvalue weighted by Crippen LogP contribution is -2.32. The number of hydrogen-bond donors (Lipinski definition) is 0. The molecule has 0 heterocycles. The Hall–Kier alpha value is -0.730. The van der Waals surface area contributed by atoms with Crippen molar-refractivity contribution in [3.63, 3.8) is 0 Å².